The minimum Gasteiger partial charge on any atom is -0.508 e. The van der Waals surface area contributed by atoms with Crippen molar-refractivity contribution >= 4 is 11.9 Å². The highest BCUT2D eigenvalue weighted by molar-refractivity contribution is 6.07. The van der Waals surface area contributed by atoms with Crippen molar-refractivity contribution in [2.75, 3.05) is 7.11 Å². The average Bonchev–Trinajstić information content (AvgIpc) is 2.65. The van der Waals surface area contributed by atoms with Gasteiger partial charge in [0.1, 0.15) is 17.2 Å². The molecular formula is C22H26O4. The van der Waals surface area contributed by atoms with Crippen LogP contribution in [0.1, 0.15) is 54.1 Å². The second-order valence-corrected chi connectivity index (χ2v) is 6.28. The lowest BCUT2D eigenvalue weighted by Crippen LogP contribution is -1.95. The zero-order valence-electron chi connectivity index (χ0n) is 15.4. The maximum absolute atomic E-state index is 12.3. The monoisotopic (exact) mass is 354 g/mol. The molecule has 0 heterocycles. The van der Waals surface area contributed by atoms with E-state index in [0.717, 1.165) is 30.4 Å². The van der Waals surface area contributed by atoms with Crippen LogP contribution in [0.15, 0.2) is 42.5 Å². The van der Waals surface area contributed by atoms with E-state index in [9.17, 15) is 15.0 Å². The maximum atomic E-state index is 12.3. The number of aryl methyl sites for hydroxylation is 1. The van der Waals surface area contributed by atoms with Crippen molar-refractivity contribution in [1.82, 2.24) is 0 Å². The van der Waals surface area contributed by atoms with E-state index in [1.165, 1.54) is 38.2 Å². The van der Waals surface area contributed by atoms with Crippen molar-refractivity contribution in [3.8, 4) is 17.2 Å². The SMILES string of the molecule is CCCCCCc1cc(/C=C/C(=O)c2ccc(O)cc2)c(OC)cc1O. The quantitative estimate of drug-likeness (QED) is 0.372. The molecule has 0 saturated heterocycles. The van der Waals surface area contributed by atoms with Gasteiger partial charge in [0, 0.05) is 17.2 Å². The van der Waals surface area contributed by atoms with Gasteiger partial charge in [0.05, 0.1) is 7.11 Å². The number of phenolic OH excluding ortho intramolecular Hbond substituents is 2. The van der Waals surface area contributed by atoms with Gasteiger partial charge in [-0.2, -0.15) is 0 Å². The van der Waals surface area contributed by atoms with Gasteiger partial charge in [-0.25, -0.2) is 0 Å². The van der Waals surface area contributed by atoms with Gasteiger partial charge in [0.2, 0.25) is 0 Å². The van der Waals surface area contributed by atoms with Gasteiger partial charge >= 0.3 is 0 Å². The Kier molecular flexibility index (Phi) is 7.27. The van der Waals surface area contributed by atoms with Crippen LogP contribution < -0.4 is 4.74 Å². The van der Waals surface area contributed by atoms with Crippen LogP contribution in [0.5, 0.6) is 17.2 Å². The molecule has 4 heteroatoms. The van der Waals surface area contributed by atoms with Crippen LogP contribution in [0, 0.1) is 0 Å². The first kappa shape index (κ1) is 19.6. The van der Waals surface area contributed by atoms with Crippen LogP contribution in [-0.4, -0.2) is 23.1 Å². The third-order valence-corrected chi connectivity index (χ3v) is 4.30. The molecule has 2 N–H and O–H groups in total. The maximum Gasteiger partial charge on any atom is 0.185 e. The molecule has 0 atom stereocenters. The summed E-state index contributed by atoms with van der Waals surface area (Å²) in [6.07, 6.45) is 8.47. The van der Waals surface area contributed by atoms with Crippen molar-refractivity contribution < 1.29 is 19.7 Å². The van der Waals surface area contributed by atoms with E-state index in [1.807, 2.05) is 6.07 Å². The molecule has 2 rings (SSSR count). The number of hydrogen-bond donors (Lipinski definition) is 2. The fraction of sp³-hybridized carbons (Fsp3) is 0.318. The summed E-state index contributed by atoms with van der Waals surface area (Å²) in [6, 6.07) is 9.60. The van der Waals surface area contributed by atoms with Crippen molar-refractivity contribution in [3.05, 3.63) is 59.2 Å². The first-order chi connectivity index (χ1) is 12.5. The number of rotatable bonds is 9. The Morgan fingerprint density at radius 1 is 1.08 bits per heavy atom. The van der Waals surface area contributed by atoms with Crippen LogP contribution in [0.3, 0.4) is 0 Å². The zero-order valence-corrected chi connectivity index (χ0v) is 15.4. The van der Waals surface area contributed by atoms with Gasteiger partial charge in [0.15, 0.2) is 5.78 Å². The molecule has 0 saturated carbocycles. The highest BCUT2D eigenvalue weighted by Crippen LogP contribution is 2.30. The molecule has 0 radical (unpaired) electrons. The van der Waals surface area contributed by atoms with E-state index in [1.54, 1.807) is 24.3 Å². The number of hydrogen-bond acceptors (Lipinski definition) is 4. The molecule has 0 amide bonds. The lowest BCUT2D eigenvalue weighted by Gasteiger charge is -2.10. The van der Waals surface area contributed by atoms with Crippen molar-refractivity contribution in [2.45, 2.75) is 39.0 Å². The Hall–Kier alpha value is -2.75. The summed E-state index contributed by atoms with van der Waals surface area (Å²) in [6.45, 7) is 2.17. The van der Waals surface area contributed by atoms with Crippen molar-refractivity contribution in [3.63, 3.8) is 0 Å². The first-order valence-electron chi connectivity index (χ1n) is 8.96. The van der Waals surface area contributed by atoms with Crippen LogP contribution in [0.2, 0.25) is 0 Å². The largest absolute Gasteiger partial charge is 0.508 e. The van der Waals surface area contributed by atoms with Gasteiger partial charge in [-0.3, -0.25) is 4.79 Å². The van der Waals surface area contributed by atoms with Crippen molar-refractivity contribution in [1.29, 1.82) is 0 Å². The number of aromatic hydroxyl groups is 2. The van der Waals surface area contributed by atoms with Gasteiger partial charge in [-0.05, 0) is 60.9 Å². The molecule has 2 aromatic carbocycles. The molecule has 0 unspecified atom stereocenters. The van der Waals surface area contributed by atoms with E-state index in [0.29, 0.717) is 11.3 Å². The van der Waals surface area contributed by atoms with E-state index < -0.39 is 0 Å². The summed E-state index contributed by atoms with van der Waals surface area (Å²) in [7, 11) is 1.54. The number of unbranched alkanes of at least 4 members (excludes halogenated alkanes) is 3. The Bertz CT molecular complexity index is 760. The van der Waals surface area contributed by atoms with Crippen molar-refractivity contribution in [2.24, 2.45) is 0 Å². The number of phenols is 2. The summed E-state index contributed by atoms with van der Waals surface area (Å²) in [5.74, 6) is 0.706. The molecule has 0 fully saturated rings. The summed E-state index contributed by atoms with van der Waals surface area (Å²) in [5.41, 5.74) is 2.11. The highest BCUT2D eigenvalue weighted by atomic mass is 16.5. The molecule has 0 aliphatic carbocycles. The number of carbonyl (C=O) groups excluding carboxylic acids is 1. The summed E-state index contributed by atoms with van der Waals surface area (Å²) in [5, 5.41) is 19.5. The van der Waals surface area contributed by atoms with Gasteiger partial charge < -0.3 is 14.9 Å². The lowest BCUT2D eigenvalue weighted by atomic mass is 10.0. The van der Waals surface area contributed by atoms with E-state index >= 15 is 0 Å². The molecule has 0 aliphatic heterocycles. The molecule has 26 heavy (non-hydrogen) atoms. The Labute approximate surface area is 154 Å². The second kappa shape index (κ2) is 9.66. The number of carbonyl (C=O) groups is 1. The standard InChI is InChI=1S/C22H26O4/c1-3-4-5-6-7-17-14-18(22(26-2)15-21(17)25)10-13-20(24)16-8-11-19(23)12-9-16/h8-15,23,25H,3-7H2,1-2H3/b13-10+. The fourth-order valence-corrected chi connectivity index (χ4v) is 2.77. The van der Waals surface area contributed by atoms with Gasteiger partial charge in [-0.15, -0.1) is 0 Å². The number of ketones is 1. The van der Waals surface area contributed by atoms with E-state index in [2.05, 4.69) is 6.92 Å². The van der Waals surface area contributed by atoms with Crippen LogP contribution in [0.25, 0.3) is 6.08 Å². The third kappa shape index (κ3) is 5.38. The van der Waals surface area contributed by atoms with E-state index in [-0.39, 0.29) is 17.3 Å². The van der Waals surface area contributed by atoms with Crippen LogP contribution in [0.4, 0.5) is 0 Å². The molecular weight excluding hydrogens is 328 g/mol. The Balaban J connectivity index is 2.17. The summed E-state index contributed by atoms with van der Waals surface area (Å²) in [4.78, 5) is 12.3. The predicted octanol–water partition coefficient (Wildman–Crippen LogP) is 5.13. The molecule has 0 bridgehead atoms. The van der Waals surface area contributed by atoms with Gasteiger partial charge in [0.25, 0.3) is 0 Å². The Morgan fingerprint density at radius 2 is 1.81 bits per heavy atom. The molecule has 138 valence electrons. The molecule has 2 aromatic rings. The lowest BCUT2D eigenvalue weighted by molar-refractivity contribution is 0.104. The van der Waals surface area contributed by atoms with Crippen LogP contribution in [-0.2, 0) is 6.42 Å². The second-order valence-electron chi connectivity index (χ2n) is 6.28. The highest BCUT2D eigenvalue weighted by Gasteiger charge is 2.09. The molecule has 0 aliphatic rings. The molecule has 0 aromatic heterocycles. The first-order valence-corrected chi connectivity index (χ1v) is 8.96. The molecule has 0 spiro atoms. The third-order valence-electron chi connectivity index (χ3n) is 4.30. The number of benzene rings is 2. The zero-order chi connectivity index (χ0) is 18.9. The topological polar surface area (TPSA) is 66.8 Å². The number of ether oxygens (including phenoxy) is 1. The van der Waals surface area contributed by atoms with E-state index in [4.69, 9.17) is 4.74 Å². The fourth-order valence-electron chi connectivity index (χ4n) is 2.77. The molecule has 4 nitrogen and oxygen atoms in total. The van der Waals surface area contributed by atoms with Crippen LogP contribution >= 0.6 is 0 Å². The normalized spacial score (nSPS) is 11.0. The smallest absolute Gasteiger partial charge is 0.185 e. The predicted molar refractivity (Wildman–Crippen MR) is 104 cm³/mol. The number of allylic oxidation sites excluding steroid dienone is 1. The minimum absolute atomic E-state index is 0.124. The summed E-state index contributed by atoms with van der Waals surface area (Å²) >= 11 is 0. The average molecular weight is 354 g/mol. The summed E-state index contributed by atoms with van der Waals surface area (Å²) < 4.78 is 5.32. The number of methoxy groups -OCH3 is 1. The minimum atomic E-state index is -0.162. The Morgan fingerprint density at radius 3 is 2.46 bits per heavy atom. The van der Waals surface area contributed by atoms with Gasteiger partial charge in [-0.1, -0.05) is 26.2 Å².